The summed E-state index contributed by atoms with van der Waals surface area (Å²) in [5.41, 5.74) is 6.39. The van der Waals surface area contributed by atoms with E-state index in [4.69, 9.17) is 5.73 Å². The molecular weight excluding hydrogens is 246 g/mol. The van der Waals surface area contributed by atoms with Crippen molar-refractivity contribution in [2.75, 3.05) is 17.7 Å². The Hall–Kier alpha value is -2.57. The summed E-state index contributed by atoms with van der Waals surface area (Å²) in [6.45, 7) is 2.21. The number of rotatable bonds is 3. The zero-order valence-corrected chi connectivity index (χ0v) is 10.7. The average Bonchev–Trinajstić information content (AvgIpc) is 2.32. The topological polar surface area (TPSA) is 108 Å². The quantitative estimate of drug-likeness (QED) is 0.701. The molecule has 0 aliphatic rings. The monoisotopic (exact) mass is 261 g/mol. The van der Waals surface area contributed by atoms with Gasteiger partial charge in [-0.15, -0.1) is 0 Å². The van der Waals surface area contributed by atoms with Crippen molar-refractivity contribution in [3.63, 3.8) is 0 Å². The minimum Gasteiger partial charge on any atom is -0.504 e. The van der Waals surface area contributed by atoms with Crippen LogP contribution in [-0.2, 0) is 6.54 Å². The normalized spacial score (nSPS) is 10.4. The molecule has 2 rings (SSSR count). The van der Waals surface area contributed by atoms with Crippen molar-refractivity contribution in [2.45, 2.75) is 13.5 Å². The van der Waals surface area contributed by atoms with Crippen molar-refractivity contribution in [1.82, 2.24) is 15.0 Å². The Morgan fingerprint density at radius 3 is 2.53 bits per heavy atom. The van der Waals surface area contributed by atoms with E-state index in [0.29, 0.717) is 18.3 Å². The second-order valence-electron chi connectivity index (χ2n) is 4.22. The van der Waals surface area contributed by atoms with Crippen molar-refractivity contribution in [2.24, 2.45) is 0 Å². The molecule has 0 spiro atoms. The summed E-state index contributed by atoms with van der Waals surface area (Å²) in [6, 6.07) is 4.64. The first kappa shape index (κ1) is 12.9. The van der Waals surface area contributed by atoms with Gasteiger partial charge in [-0.1, -0.05) is 6.07 Å². The standard InChI is InChI=1S/C12H15N5O2/c1-7-14-11(13)16-12(15-7)17(2)6-8-3-4-9(18)10(19)5-8/h3-5,18-19H,6H2,1-2H3,(H2,13,14,15,16). The highest BCUT2D eigenvalue weighted by molar-refractivity contribution is 5.42. The molecule has 19 heavy (non-hydrogen) atoms. The first-order chi connectivity index (χ1) is 8.95. The number of nitrogen functional groups attached to an aromatic ring is 1. The Morgan fingerprint density at radius 1 is 1.16 bits per heavy atom. The molecule has 1 heterocycles. The second-order valence-corrected chi connectivity index (χ2v) is 4.22. The molecule has 0 amide bonds. The molecule has 4 N–H and O–H groups in total. The Labute approximate surface area is 110 Å². The third-order valence-corrected chi connectivity index (χ3v) is 2.55. The van der Waals surface area contributed by atoms with E-state index < -0.39 is 0 Å². The van der Waals surface area contributed by atoms with Gasteiger partial charge in [0.2, 0.25) is 11.9 Å². The largest absolute Gasteiger partial charge is 0.504 e. The zero-order chi connectivity index (χ0) is 14.0. The van der Waals surface area contributed by atoms with E-state index >= 15 is 0 Å². The lowest BCUT2D eigenvalue weighted by Crippen LogP contribution is -2.20. The summed E-state index contributed by atoms with van der Waals surface area (Å²) in [5, 5.41) is 18.7. The number of phenols is 2. The fourth-order valence-electron chi connectivity index (χ4n) is 1.67. The van der Waals surface area contributed by atoms with Crippen LogP contribution in [-0.4, -0.2) is 32.2 Å². The SMILES string of the molecule is Cc1nc(N)nc(N(C)Cc2ccc(O)c(O)c2)n1. The summed E-state index contributed by atoms with van der Waals surface area (Å²) in [7, 11) is 1.80. The van der Waals surface area contributed by atoms with Gasteiger partial charge in [0.1, 0.15) is 5.82 Å². The van der Waals surface area contributed by atoms with Crippen molar-refractivity contribution < 1.29 is 10.2 Å². The van der Waals surface area contributed by atoms with Crippen LogP contribution in [0, 0.1) is 6.92 Å². The Balaban J connectivity index is 2.20. The van der Waals surface area contributed by atoms with Crippen LogP contribution in [0.15, 0.2) is 18.2 Å². The number of aryl methyl sites for hydroxylation is 1. The van der Waals surface area contributed by atoms with Crippen molar-refractivity contribution >= 4 is 11.9 Å². The Kier molecular flexibility index (Phi) is 3.37. The molecule has 0 bridgehead atoms. The number of aromatic hydroxyl groups is 2. The van der Waals surface area contributed by atoms with E-state index in [0.717, 1.165) is 5.56 Å². The molecular formula is C12H15N5O2. The van der Waals surface area contributed by atoms with Crippen LogP contribution in [0.4, 0.5) is 11.9 Å². The van der Waals surface area contributed by atoms with Gasteiger partial charge in [-0.25, -0.2) is 0 Å². The fourth-order valence-corrected chi connectivity index (χ4v) is 1.67. The molecule has 7 nitrogen and oxygen atoms in total. The van der Waals surface area contributed by atoms with Gasteiger partial charge in [0, 0.05) is 13.6 Å². The molecule has 2 aromatic rings. The zero-order valence-electron chi connectivity index (χ0n) is 10.7. The predicted molar refractivity (Wildman–Crippen MR) is 70.9 cm³/mol. The van der Waals surface area contributed by atoms with Crippen LogP contribution in [0.5, 0.6) is 11.5 Å². The fraction of sp³-hybridized carbons (Fsp3) is 0.250. The lowest BCUT2D eigenvalue weighted by molar-refractivity contribution is 0.403. The van der Waals surface area contributed by atoms with E-state index in [-0.39, 0.29) is 17.4 Å². The predicted octanol–water partition coefficient (Wildman–Crippen LogP) is 0.810. The van der Waals surface area contributed by atoms with Crippen molar-refractivity contribution in [3.05, 3.63) is 29.6 Å². The summed E-state index contributed by atoms with van der Waals surface area (Å²) < 4.78 is 0. The summed E-state index contributed by atoms with van der Waals surface area (Å²) in [6.07, 6.45) is 0. The first-order valence-electron chi connectivity index (χ1n) is 5.66. The van der Waals surface area contributed by atoms with Gasteiger partial charge in [-0.05, 0) is 24.6 Å². The van der Waals surface area contributed by atoms with Crippen LogP contribution in [0.3, 0.4) is 0 Å². The molecule has 0 unspecified atom stereocenters. The summed E-state index contributed by atoms with van der Waals surface area (Å²) >= 11 is 0. The maximum absolute atomic E-state index is 9.44. The van der Waals surface area contributed by atoms with Gasteiger partial charge in [0.15, 0.2) is 11.5 Å². The highest BCUT2D eigenvalue weighted by Crippen LogP contribution is 2.25. The van der Waals surface area contributed by atoms with Crippen molar-refractivity contribution in [3.8, 4) is 11.5 Å². The molecule has 0 radical (unpaired) electrons. The lowest BCUT2D eigenvalue weighted by atomic mass is 10.2. The molecule has 7 heteroatoms. The second kappa shape index (κ2) is 4.97. The number of phenolic OH excluding ortho intramolecular Hbond substituents is 2. The van der Waals surface area contributed by atoms with E-state index in [1.165, 1.54) is 12.1 Å². The number of hydrogen-bond donors (Lipinski definition) is 3. The number of aromatic nitrogens is 3. The van der Waals surface area contributed by atoms with E-state index in [1.54, 1.807) is 24.9 Å². The van der Waals surface area contributed by atoms with Gasteiger partial charge in [-0.2, -0.15) is 15.0 Å². The minimum atomic E-state index is -0.155. The van der Waals surface area contributed by atoms with E-state index in [1.807, 2.05) is 0 Å². The smallest absolute Gasteiger partial charge is 0.230 e. The van der Waals surface area contributed by atoms with Crippen LogP contribution >= 0.6 is 0 Å². The first-order valence-corrected chi connectivity index (χ1v) is 5.66. The maximum atomic E-state index is 9.44. The Morgan fingerprint density at radius 2 is 1.89 bits per heavy atom. The summed E-state index contributed by atoms with van der Waals surface area (Å²) in [4.78, 5) is 13.9. The highest BCUT2D eigenvalue weighted by Gasteiger charge is 2.09. The summed E-state index contributed by atoms with van der Waals surface area (Å²) in [5.74, 6) is 0.868. The van der Waals surface area contributed by atoms with Gasteiger partial charge in [-0.3, -0.25) is 0 Å². The van der Waals surface area contributed by atoms with Gasteiger partial charge < -0.3 is 20.8 Å². The molecule has 100 valence electrons. The van der Waals surface area contributed by atoms with Crippen LogP contribution in [0.1, 0.15) is 11.4 Å². The molecule has 1 aromatic heterocycles. The molecule has 0 atom stereocenters. The third kappa shape index (κ3) is 3.01. The molecule has 0 aliphatic heterocycles. The van der Waals surface area contributed by atoms with Gasteiger partial charge >= 0.3 is 0 Å². The highest BCUT2D eigenvalue weighted by atomic mass is 16.3. The van der Waals surface area contributed by atoms with E-state index in [2.05, 4.69) is 15.0 Å². The molecule has 1 aromatic carbocycles. The van der Waals surface area contributed by atoms with Crippen LogP contribution in [0.25, 0.3) is 0 Å². The molecule has 0 saturated heterocycles. The molecule has 0 saturated carbocycles. The molecule has 0 aliphatic carbocycles. The molecule has 0 fully saturated rings. The van der Waals surface area contributed by atoms with Gasteiger partial charge in [0.25, 0.3) is 0 Å². The average molecular weight is 261 g/mol. The third-order valence-electron chi connectivity index (χ3n) is 2.55. The number of anilines is 2. The van der Waals surface area contributed by atoms with E-state index in [9.17, 15) is 10.2 Å². The van der Waals surface area contributed by atoms with Crippen molar-refractivity contribution in [1.29, 1.82) is 0 Å². The number of nitrogens with two attached hydrogens (primary N) is 1. The minimum absolute atomic E-state index is 0.147. The van der Waals surface area contributed by atoms with Gasteiger partial charge in [0.05, 0.1) is 0 Å². The maximum Gasteiger partial charge on any atom is 0.230 e. The number of nitrogens with zero attached hydrogens (tertiary/aromatic N) is 4. The van der Waals surface area contributed by atoms with Crippen LogP contribution in [0.2, 0.25) is 0 Å². The lowest BCUT2D eigenvalue weighted by Gasteiger charge is -2.17. The number of benzene rings is 1. The Bertz CT molecular complexity index is 582. The van der Waals surface area contributed by atoms with Crippen LogP contribution < -0.4 is 10.6 Å². The number of hydrogen-bond acceptors (Lipinski definition) is 7.